The quantitative estimate of drug-likeness (QED) is 0.506. The topological polar surface area (TPSA) is 43.4 Å². The Bertz CT molecular complexity index is 122. The number of esters is 1. The number of hydrogen-bond acceptors (Lipinski definition) is 3. The van der Waals surface area contributed by atoms with Crippen molar-refractivity contribution < 1.29 is 47.0 Å². The molecular weight excluding hydrogens is 209 g/mol. The Balaban J connectivity index is 0. The van der Waals surface area contributed by atoms with Crippen LogP contribution in [-0.4, -0.2) is 18.4 Å². The van der Waals surface area contributed by atoms with Crippen LogP contribution in [0.5, 0.6) is 0 Å². The van der Waals surface area contributed by atoms with Crippen LogP contribution in [-0.2, 0) is 47.0 Å². The first-order chi connectivity index (χ1) is 4.16. The van der Waals surface area contributed by atoms with E-state index in [9.17, 15) is 9.59 Å². The molecule has 0 rings (SSSR count). The van der Waals surface area contributed by atoms with Crippen molar-refractivity contribution in [1.82, 2.24) is 0 Å². The molecule has 0 aliphatic rings. The number of carbonyl (C=O) groups is 2. The fraction of sp³-hybridized carbons (Fsp3) is 0.500. The third-order valence-corrected chi connectivity index (χ3v) is 0.715. The molecule has 4 heteroatoms. The van der Waals surface area contributed by atoms with Gasteiger partial charge in [-0.2, -0.15) is 0 Å². The average Bonchev–Trinajstić information content (AvgIpc) is 1.83. The molecule has 0 saturated heterocycles. The molecule has 0 aliphatic heterocycles. The molecule has 0 aliphatic carbocycles. The molecule has 0 spiro atoms. The number of ether oxygens (including phenoxy) is 1. The SMILES string of the molecule is [CH2-]CC(=O)COC(C)=O.[Y]. The van der Waals surface area contributed by atoms with Crippen molar-refractivity contribution in [3.8, 4) is 0 Å². The molecule has 0 heterocycles. The molecule has 55 valence electrons. The van der Waals surface area contributed by atoms with Crippen LogP contribution in [0.1, 0.15) is 13.3 Å². The largest absolute Gasteiger partial charge is 0.458 e. The molecule has 0 unspecified atom stereocenters. The first-order valence-electron chi connectivity index (χ1n) is 2.61. The van der Waals surface area contributed by atoms with Crippen LogP contribution in [0.15, 0.2) is 0 Å². The van der Waals surface area contributed by atoms with E-state index in [-0.39, 0.29) is 51.5 Å². The smallest absolute Gasteiger partial charge is 0.303 e. The van der Waals surface area contributed by atoms with Crippen LogP contribution in [0.4, 0.5) is 0 Å². The molecule has 0 fully saturated rings. The molecule has 1 radical (unpaired) electrons. The molecule has 0 aromatic carbocycles. The summed E-state index contributed by atoms with van der Waals surface area (Å²) in [7, 11) is 0. The van der Waals surface area contributed by atoms with Crippen LogP contribution >= 0.6 is 0 Å². The van der Waals surface area contributed by atoms with Crippen molar-refractivity contribution >= 4 is 11.8 Å². The van der Waals surface area contributed by atoms with Gasteiger partial charge in [0.1, 0.15) is 12.4 Å². The van der Waals surface area contributed by atoms with Crippen LogP contribution < -0.4 is 0 Å². The van der Waals surface area contributed by atoms with Gasteiger partial charge in [0.15, 0.2) is 0 Å². The maximum Gasteiger partial charge on any atom is 0.303 e. The number of Topliss-reactive ketones (excluding diaryl/α,β-unsaturated/α-hetero) is 1. The van der Waals surface area contributed by atoms with Crippen molar-refractivity contribution in [2.24, 2.45) is 0 Å². The Morgan fingerprint density at radius 1 is 1.50 bits per heavy atom. The summed E-state index contributed by atoms with van der Waals surface area (Å²) >= 11 is 0. The van der Waals surface area contributed by atoms with Crippen molar-refractivity contribution in [1.29, 1.82) is 0 Å². The molecule has 0 aromatic rings. The van der Waals surface area contributed by atoms with Crippen LogP contribution in [0, 0.1) is 6.92 Å². The minimum atomic E-state index is -0.434. The Morgan fingerprint density at radius 3 is 2.30 bits per heavy atom. The van der Waals surface area contributed by atoms with Crippen molar-refractivity contribution in [2.75, 3.05) is 6.61 Å². The maximum absolute atomic E-state index is 10.4. The summed E-state index contributed by atoms with van der Waals surface area (Å²) in [6.07, 6.45) is 0.174. The number of hydrogen-bond donors (Lipinski definition) is 0. The third-order valence-electron chi connectivity index (χ3n) is 0.715. The van der Waals surface area contributed by atoms with Gasteiger partial charge in [-0.3, -0.25) is 9.59 Å². The molecule has 0 saturated carbocycles. The average molecular weight is 218 g/mol. The van der Waals surface area contributed by atoms with Crippen molar-refractivity contribution in [2.45, 2.75) is 13.3 Å². The van der Waals surface area contributed by atoms with Gasteiger partial charge in [-0.25, -0.2) is 0 Å². The molecule has 10 heavy (non-hydrogen) atoms. The number of carbonyl (C=O) groups excluding carboxylic acids is 2. The summed E-state index contributed by atoms with van der Waals surface area (Å²) in [4.78, 5) is 20.4. The first kappa shape index (κ1) is 12.9. The Kier molecular flexibility index (Phi) is 9.47. The summed E-state index contributed by atoms with van der Waals surface area (Å²) < 4.78 is 4.37. The zero-order valence-corrected chi connectivity index (χ0v) is 8.76. The fourth-order valence-corrected chi connectivity index (χ4v) is 0.254. The Morgan fingerprint density at radius 2 is 2.00 bits per heavy atom. The minimum absolute atomic E-state index is 0. The van der Waals surface area contributed by atoms with Gasteiger partial charge in [0, 0.05) is 39.6 Å². The maximum atomic E-state index is 10.4. The van der Waals surface area contributed by atoms with Crippen LogP contribution in [0.3, 0.4) is 0 Å². The van der Waals surface area contributed by atoms with Gasteiger partial charge in [0.05, 0.1) is 0 Å². The van der Waals surface area contributed by atoms with E-state index >= 15 is 0 Å². The van der Waals surface area contributed by atoms with Crippen LogP contribution in [0.2, 0.25) is 0 Å². The fourth-order valence-electron chi connectivity index (χ4n) is 0.254. The van der Waals surface area contributed by atoms with Gasteiger partial charge in [-0.15, -0.1) is 6.42 Å². The van der Waals surface area contributed by atoms with Gasteiger partial charge in [-0.05, 0) is 0 Å². The molecular formula is C6H9O3Y-. The van der Waals surface area contributed by atoms with Gasteiger partial charge in [0.25, 0.3) is 0 Å². The normalized spacial score (nSPS) is 7.80. The molecule has 0 atom stereocenters. The van der Waals surface area contributed by atoms with Gasteiger partial charge >= 0.3 is 5.97 Å². The predicted octanol–water partition coefficient (Wildman–Crippen LogP) is 0.340. The number of ketones is 1. The number of rotatable bonds is 3. The van der Waals surface area contributed by atoms with Gasteiger partial charge < -0.3 is 11.7 Å². The van der Waals surface area contributed by atoms with E-state index in [1.165, 1.54) is 6.92 Å². The zero-order chi connectivity index (χ0) is 7.28. The van der Waals surface area contributed by atoms with Gasteiger partial charge in [0.2, 0.25) is 0 Å². The Hall–Kier alpha value is 0.244. The van der Waals surface area contributed by atoms with Gasteiger partial charge in [-0.1, -0.05) is 0 Å². The third kappa shape index (κ3) is 8.24. The standard InChI is InChI=1S/C6H9O3.Y/c1-3-6(8)4-9-5(2)7;/h1,3-4H2,2H3;/q-1;. The molecule has 0 amide bonds. The Labute approximate surface area is 85.4 Å². The van der Waals surface area contributed by atoms with Crippen LogP contribution in [0.25, 0.3) is 0 Å². The monoisotopic (exact) mass is 218 g/mol. The molecule has 3 nitrogen and oxygen atoms in total. The second-order valence-electron chi connectivity index (χ2n) is 1.57. The van der Waals surface area contributed by atoms with E-state index in [4.69, 9.17) is 0 Å². The van der Waals surface area contributed by atoms with E-state index in [2.05, 4.69) is 11.7 Å². The molecule has 0 bridgehead atoms. The molecule has 0 N–H and O–H groups in total. The van der Waals surface area contributed by atoms with Crippen molar-refractivity contribution in [3.05, 3.63) is 6.92 Å². The predicted molar refractivity (Wildman–Crippen MR) is 31.6 cm³/mol. The first-order valence-corrected chi connectivity index (χ1v) is 2.61. The molecule has 0 aromatic heterocycles. The minimum Gasteiger partial charge on any atom is -0.458 e. The van der Waals surface area contributed by atoms with E-state index in [0.29, 0.717) is 0 Å². The van der Waals surface area contributed by atoms with E-state index in [1.54, 1.807) is 0 Å². The summed E-state index contributed by atoms with van der Waals surface area (Å²) in [5.41, 5.74) is 0. The second-order valence-corrected chi connectivity index (χ2v) is 1.57. The van der Waals surface area contributed by atoms with Crippen molar-refractivity contribution in [3.63, 3.8) is 0 Å². The summed E-state index contributed by atoms with van der Waals surface area (Å²) in [6, 6.07) is 0. The summed E-state index contributed by atoms with van der Waals surface area (Å²) in [6.45, 7) is 4.44. The summed E-state index contributed by atoms with van der Waals surface area (Å²) in [5.74, 6) is -0.595. The van der Waals surface area contributed by atoms with E-state index < -0.39 is 5.97 Å². The second kappa shape index (κ2) is 7.35. The van der Waals surface area contributed by atoms with E-state index in [1.807, 2.05) is 0 Å². The zero-order valence-electron chi connectivity index (χ0n) is 5.92. The van der Waals surface area contributed by atoms with E-state index in [0.717, 1.165) is 0 Å². The summed E-state index contributed by atoms with van der Waals surface area (Å²) in [5, 5.41) is 0.